The van der Waals surface area contributed by atoms with Crippen molar-refractivity contribution in [2.24, 2.45) is 0 Å². The molecule has 0 spiro atoms. The molecule has 0 radical (unpaired) electrons. The highest BCUT2D eigenvalue weighted by Gasteiger charge is 2.30. The van der Waals surface area contributed by atoms with E-state index in [1.165, 1.54) is 24.0 Å². The van der Waals surface area contributed by atoms with Crippen LogP contribution in [0, 0.1) is 6.92 Å². The molecule has 2 aliphatic rings. The number of carbonyl (C=O) groups is 1. The van der Waals surface area contributed by atoms with E-state index in [0.717, 1.165) is 51.5 Å². The molecule has 2 aliphatic heterocycles. The first-order valence-corrected chi connectivity index (χ1v) is 11.1. The summed E-state index contributed by atoms with van der Waals surface area (Å²) in [5, 5.41) is 4.44. The minimum atomic E-state index is -0.173. The van der Waals surface area contributed by atoms with Crippen LogP contribution < -0.4 is 0 Å². The monoisotopic (exact) mass is 411 g/mol. The zero-order valence-electron chi connectivity index (χ0n) is 18.2. The van der Waals surface area contributed by atoms with Crippen LogP contribution in [0.15, 0.2) is 36.7 Å². The Hall–Kier alpha value is -2.38. The van der Waals surface area contributed by atoms with Crippen molar-refractivity contribution in [3.8, 4) is 5.69 Å². The van der Waals surface area contributed by atoms with E-state index in [9.17, 15) is 4.79 Å². The van der Waals surface area contributed by atoms with Gasteiger partial charge in [-0.2, -0.15) is 5.10 Å². The van der Waals surface area contributed by atoms with E-state index in [1.54, 1.807) is 0 Å². The summed E-state index contributed by atoms with van der Waals surface area (Å²) < 4.78 is 7.11. The predicted octanol–water partition coefficient (Wildman–Crippen LogP) is 2.92. The molecule has 0 aliphatic carbocycles. The molecule has 7 nitrogen and oxygen atoms in total. The van der Waals surface area contributed by atoms with Gasteiger partial charge >= 0.3 is 6.09 Å². The van der Waals surface area contributed by atoms with Crippen LogP contribution in [0.5, 0.6) is 0 Å². The Labute approximate surface area is 179 Å². The molecule has 162 valence electrons. The van der Waals surface area contributed by atoms with E-state index in [4.69, 9.17) is 4.74 Å². The number of likely N-dealkylation sites (tertiary alicyclic amines) is 1. The molecule has 2 saturated heterocycles. The van der Waals surface area contributed by atoms with Crippen LogP contribution in [0.2, 0.25) is 0 Å². The van der Waals surface area contributed by atoms with Gasteiger partial charge in [0, 0.05) is 57.7 Å². The number of piperidine rings is 1. The molecular weight excluding hydrogens is 378 g/mol. The smallest absolute Gasteiger partial charge is 0.409 e. The third-order valence-electron chi connectivity index (χ3n) is 6.22. The van der Waals surface area contributed by atoms with Crippen LogP contribution in [0.4, 0.5) is 4.79 Å². The summed E-state index contributed by atoms with van der Waals surface area (Å²) in [6, 6.07) is 9.15. The lowest BCUT2D eigenvalue weighted by Crippen LogP contribution is -2.55. The number of piperazine rings is 1. The molecule has 4 rings (SSSR count). The number of rotatable bonds is 5. The first kappa shape index (κ1) is 20.9. The molecule has 0 saturated carbocycles. The van der Waals surface area contributed by atoms with Gasteiger partial charge in [-0.05, 0) is 50.9 Å². The maximum absolute atomic E-state index is 12.0. The number of aromatic nitrogens is 2. The Morgan fingerprint density at radius 3 is 2.77 bits per heavy atom. The molecule has 0 unspecified atom stereocenters. The Kier molecular flexibility index (Phi) is 6.69. The van der Waals surface area contributed by atoms with Crippen molar-refractivity contribution in [3.05, 3.63) is 47.8 Å². The fourth-order valence-corrected chi connectivity index (χ4v) is 4.67. The van der Waals surface area contributed by atoms with Crippen molar-refractivity contribution < 1.29 is 9.53 Å². The van der Waals surface area contributed by atoms with Crippen molar-refractivity contribution >= 4 is 6.09 Å². The van der Waals surface area contributed by atoms with Crippen LogP contribution in [0.3, 0.4) is 0 Å². The fraction of sp³-hybridized carbons (Fsp3) is 0.565. The van der Waals surface area contributed by atoms with E-state index in [0.29, 0.717) is 12.6 Å². The van der Waals surface area contributed by atoms with Crippen LogP contribution in [-0.2, 0) is 11.3 Å². The zero-order valence-corrected chi connectivity index (χ0v) is 18.2. The molecule has 0 bridgehead atoms. The van der Waals surface area contributed by atoms with Gasteiger partial charge in [-0.15, -0.1) is 0 Å². The van der Waals surface area contributed by atoms with Crippen molar-refractivity contribution in [1.29, 1.82) is 0 Å². The highest BCUT2D eigenvalue weighted by Crippen LogP contribution is 2.23. The maximum Gasteiger partial charge on any atom is 0.409 e. The second kappa shape index (κ2) is 9.62. The molecule has 1 atom stereocenters. The molecule has 2 fully saturated rings. The first-order valence-electron chi connectivity index (χ1n) is 11.1. The third kappa shape index (κ3) is 4.84. The Balaban J connectivity index is 1.38. The second-order valence-corrected chi connectivity index (χ2v) is 8.34. The van der Waals surface area contributed by atoms with Gasteiger partial charge in [0.25, 0.3) is 0 Å². The topological polar surface area (TPSA) is 53.8 Å². The second-order valence-electron chi connectivity index (χ2n) is 8.34. The fourth-order valence-electron chi connectivity index (χ4n) is 4.67. The highest BCUT2D eigenvalue weighted by molar-refractivity contribution is 5.67. The van der Waals surface area contributed by atoms with E-state index in [2.05, 4.69) is 40.0 Å². The van der Waals surface area contributed by atoms with Gasteiger partial charge in [0.2, 0.25) is 0 Å². The third-order valence-corrected chi connectivity index (χ3v) is 6.22. The molecule has 30 heavy (non-hydrogen) atoms. The lowest BCUT2D eigenvalue weighted by atomic mass is 10.0. The van der Waals surface area contributed by atoms with E-state index in [-0.39, 0.29) is 6.09 Å². The SMILES string of the molecule is CCOC(=O)N1CCN([C@@H]2CCCN(Cc3cc(C)ccc3-n3cccn3)C2)CC1. The van der Waals surface area contributed by atoms with Gasteiger partial charge in [0.1, 0.15) is 0 Å². The lowest BCUT2D eigenvalue weighted by molar-refractivity contribution is 0.0412. The Bertz CT molecular complexity index is 830. The zero-order chi connectivity index (χ0) is 20.9. The van der Waals surface area contributed by atoms with Gasteiger partial charge < -0.3 is 9.64 Å². The molecule has 1 aromatic carbocycles. The Morgan fingerprint density at radius 1 is 1.20 bits per heavy atom. The number of aryl methyl sites for hydroxylation is 1. The first-order chi connectivity index (χ1) is 14.6. The van der Waals surface area contributed by atoms with Crippen molar-refractivity contribution in [2.75, 3.05) is 45.9 Å². The number of hydrogen-bond acceptors (Lipinski definition) is 5. The molecular formula is C23H33N5O2. The van der Waals surface area contributed by atoms with Gasteiger partial charge in [-0.3, -0.25) is 9.80 Å². The molecule has 2 aromatic rings. The summed E-state index contributed by atoms with van der Waals surface area (Å²) in [5.74, 6) is 0. The van der Waals surface area contributed by atoms with Crippen molar-refractivity contribution in [3.63, 3.8) is 0 Å². The standard InChI is InChI=1S/C23H33N5O2/c1-3-30-23(29)27-14-12-26(13-15-27)21-6-4-10-25(18-21)17-20-16-19(2)7-8-22(20)28-11-5-9-24-28/h5,7-9,11,16,21H,3-4,6,10,12-15,17-18H2,1-2H3/t21-/m1/s1. The highest BCUT2D eigenvalue weighted by atomic mass is 16.6. The minimum Gasteiger partial charge on any atom is -0.450 e. The van der Waals surface area contributed by atoms with Crippen LogP contribution in [0.1, 0.15) is 30.9 Å². The Morgan fingerprint density at radius 2 is 2.03 bits per heavy atom. The molecule has 1 aromatic heterocycles. The molecule has 1 amide bonds. The number of nitrogens with zero attached hydrogens (tertiary/aromatic N) is 5. The van der Waals surface area contributed by atoms with Crippen molar-refractivity contribution in [2.45, 2.75) is 39.3 Å². The average molecular weight is 412 g/mol. The molecule has 3 heterocycles. The van der Waals surface area contributed by atoms with Gasteiger partial charge in [0.15, 0.2) is 0 Å². The summed E-state index contributed by atoms with van der Waals surface area (Å²) >= 11 is 0. The number of hydrogen-bond donors (Lipinski definition) is 0. The van der Waals surface area contributed by atoms with Gasteiger partial charge in [0.05, 0.1) is 12.3 Å². The van der Waals surface area contributed by atoms with Crippen LogP contribution in [-0.4, -0.2) is 82.5 Å². The maximum atomic E-state index is 12.0. The van der Waals surface area contributed by atoms with E-state index >= 15 is 0 Å². The minimum absolute atomic E-state index is 0.173. The van der Waals surface area contributed by atoms with Gasteiger partial charge in [-0.25, -0.2) is 9.48 Å². The summed E-state index contributed by atoms with van der Waals surface area (Å²) in [4.78, 5) is 18.9. The summed E-state index contributed by atoms with van der Waals surface area (Å²) in [7, 11) is 0. The quantitative estimate of drug-likeness (QED) is 0.757. The van der Waals surface area contributed by atoms with Crippen LogP contribution in [0.25, 0.3) is 5.69 Å². The molecule has 7 heteroatoms. The molecule has 0 N–H and O–H groups in total. The van der Waals surface area contributed by atoms with E-state index in [1.807, 2.05) is 35.0 Å². The number of benzene rings is 1. The van der Waals surface area contributed by atoms with E-state index < -0.39 is 0 Å². The summed E-state index contributed by atoms with van der Waals surface area (Å²) in [5.41, 5.74) is 3.77. The predicted molar refractivity (Wildman–Crippen MR) is 117 cm³/mol. The summed E-state index contributed by atoms with van der Waals surface area (Å²) in [6.45, 7) is 11.0. The number of ether oxygens (including phenoxy) is 1. The van der Waals surface area contributed by atoms with Crippen LogP contribution >= 0.6 is 0 Å². The average Bonchev–Trinajstić information content (AvgIpc) is 3.29. The normalized spacial score (nSPS) is 21.0. The number of amides is 1. The van der Waals surface area contributed by atoms with Crippen molar-refractivity contribution in [1.82, 2.24) is 24.5 Å². The lowest BCUT2D eigenvalue weighted by Gasteiger charge is -2.43. The number of carbonyl (C=O) groups excluding carboxylic acids is 1. The summed E-state index contributed by atoms with van der Waals surface area (Å²) in [6.07, 6.45) is 6.11. The van der Waals surface area contributed by atoms with Gasteiger partial charge in [-0.1, -0.05) is 17.7 Å². The largest absolute Gasteiger partial charge is 0.450 e.